The summed E-state index contributed by atoms with van der Waals surface area (Å²) in [5.41, 5.74) is 0.556. The minimum Gasteiger partial charge on any atom is -0.478 e. The highest BCUT2D eigenvalue weighted by molar-refractivity contribution is 5.90. The molecule has 0 amide bonds. The van der Waals surface area contributed by atoms with Gasteiger partial charge in [-0.3, -0.25) is 0 Å². The van der Waals surface area contributed by atoms with E-state index in [1.54, 1.807) is 6.07 Å². The van der Waals surface area contributed by atoms with Gasteiger partial charge in [0.15, 0.2) is 0 Å². The van der Waals surface area contributed by atoms with Crippen molar-refractivity contribution >= 4 is 5.97 Å². The highest BCUT2D eigenvalue weighted by Crippen LogP contribution is 2.11. The number of carbonyl (C=O) groups is 1. The number of hydrogen-bond acceptors (Lipinski definition) is 3. The van der Waals surface area contributed by atoms with Crippen LogP contribution in [0.15, 0.2) is 18.2 Å². The Morgan fingerprint density at radius 3 is 2.69 bits per heavy atom. The minimum atomic E-state index is -1.14. The van der Waals surface area contributed by atoms with Gasteiger partial charge in [0, 0.05) is 0 Å². The number of carboxylic acid groups (broad SMARTS) is 1. The van der Waals surface area contributed by atoms with Crippen molar-refractivity contribution in [3.63, 3.8) is 0 Å². The van der Waals surface area contributed by atoms with Crippen LogP contribution in [0.4, 0.5) is 0 Å². The van der Waals surface area contributed by atoms with Gasteiger partial charge in [-0.2, -0.15) is 5.26 Å². The first-order valence-electron chi connectivity index (χ1n) is 3.56. The average molecular weight is 177 g/mol. The molecule has 0 saturated carbocycles. The van der Waals surface area contributed by atoms with Crippen molar-refractivity contribution in [2.24, 2.45) is 0 Å². The first kappa shape index (κ1) is 9.23. The van der Waals surface area contributed by atoms with Crippen molar-refractivity contribution in [2.75, 3.05) is 0 Å². The maximum absolute atomic E-state index is 10.6. The molecular weight excluding hydrogens is 170 g/mol. The molecule has 0 saturated heterocycles. The second-order valence-electron chi connectivity index (χ2n) is 2.46. The lowest BCUT2D eigenvalue weighted by Gasteiger charge is -2.00. The van der Waals surface area contributed by atoms with Crippen LogP contribution in [-0.4, -0.2) is 16.2 Å². The molecule has 13 heavy (non-hydrogen) atoms. The third kappa shape index (κ3) is 1.83. The van der Waals surface area contributed by atoms with E-state index in [-0.39, 0.29) is 17.7 Å². The van der Waals surface area contributed by atoms with Crippen molar-refractivity contribution in [2.45, 2.75) is 6.61 Å². The van der Waals surface area contributed by atoms with Gasteiger partial charge in [0.2, 0.25) is 0 Å². The molecule has 4 nitrogen and oxygen atoms in total. The van der Waals surface area contributed by atoms with Gasteiger partial charge < -0.3 is 10.2 Å². The van der Waals surface area contributed by atoms with Crippen LogP contribution in [0, 0.1) is 11.3 Å². The number of aliphatic hydroxyl groups is 1. The number of rotatable bonds is 2. The summed E-state index contributed by atoms with van der Waals surface area (Å²) in [6.07, 6.45) is 0. The molecule has 2 N–H and O–H groups in total. The van der Waals surface area contributed by atoms with Crippen LogP contribution in [-0.2, 0) is 6.61 Å². The maximum Gasteiger partial charge on any atom is 0.337 e. The molecule has 0 unspecified atom stereocenters. The van der Waals surface area contributed by atoms with Crippen LogP contribution in [0.1, 0.15) is 21.5 Å². The zero-order chi connectivity index (χ0) is 9.84. The van der Waals surface area contributed by atoms with Gasteiger partial charge in [0.05, 0.1) is 17.7 Å². The van der Waals surface area contributed by atoms with Gasteiger partial charge in [-0.15, -0.1) is 0 Å². The number of aromatic carboxylic acids is 1. The summed E-state index contributed by atoms with van der Waals surface area (Å²) in [5, 5.41) is 26.0. The summed E-state index contributed by atoms with van der Waals surface area (Å²) in [7, 11) is 0. The molecule has 0 heterocycles. The predicted octanol–water partition coefficient (Wildman–Crippen LogP) is 0.749. The minimum absolute atomic E-state index is 0.0419. The molecule has 0 bridgehead atoms. The van der Waals surface area contributed by atoms with E-state index >= 15 is 0 Å². The van der Waals surface area contributed by atoms with Gasteiger partial charge in [-0.1, -0.05) is 6.07 Å². The molecule has 0 atom stereocenters. The zero-order valence-electron chi connectivity index (χ0n) is 6.69. The van der Waals surface area contributed by atoms with Crippen molar-refractivity contribution < 1.29 is 15.0 Å². The van der Waals surface area contributed by atoms with E-state index in [2.05, 4.69) is 0 Å². The van der Waals surface area contributed by atoms with E-state index < -0.39 is 5.97 Å². The number of hydrogen-bond donors (Lipinski definition) is 2. The van der Waals surface area contributed by atoms with Crippen molar-refractivity contribution in [3.8, 4) is 6.07 Å². The Balaban J connectivity index is 3.26. The van der Waals surface area contributed by atoms with Gasteiger partial charge >= 0.3 is 5.97 Å². The Morgan fingerprint density at radius 1 is 1.54 bits per heavy atom. The quantitative estimate of drug-likeness (QED) is 0.698. The van der Waals surface area contributed by atoms with Gasteiger partial charge in [0.25, 0.3) is 0 Å². The molecule has 0 aromatic heterocycles. The number of nitrogens with zero attached hydrogens (tertiary/aromatic N) is 1. The van der Waals surface area contributed by atoms with Crippen molar-refractivity contribution in [1.82, 2.24) is 0 Å². The molecular formula is C9H7NO3. The van der Waals surface area contributed by atoms with Crippen LogP contribution in [0.2, 0.25) is 0 Å². The zero-order valence-corrected chi connectivity index (χ0v) is 6.69. The first-order valence-corrected chi connectivity index (χ1v) is 3.56. The summed E-state index contributed by atoms with van der Waals surface area (Å²) in [4.78, 5) is 10.6. The van der Waals surface area contributed by atoms with Crippen LogP contribution >= 0.6 is 0 Å². The molecule has 66 valence electrons. The van der Waals surface area contributed by atoms with Crippen LogP contribution < -0.4 is 0 Å². The Bertz CT molecular complexity index is 379. The second-order valence-corrected chi connectivity index (χ2v) is 2.46. The summed E-state index contributed by atoms with van der Waals surface area (Å²) >= 11 is 0. The van der Waals surface area contributed by atoms with E-state index in [0.29, 0.717) is 5.56 Å². The normalized spacial score (nSPS) is 9.23. The summed E-state index contributed by atoms with van der Waals surface area (Å²) in [5.74, 6) is -1.14. The Kier molecular flexibility index (Phi) is 2.62. The van der Waals surface area contributed by atoms with Crippen molar-refractivity contribution in [1.29, 1.82) is 5.26 Å². The number of aliphatic hydroxyl groups excluding tert-OH is 1. The van der Waals surface area contributed by atoms with E-state index in [1.165, 1.54) is 18.2 Å². The van der Waals surface area contributed by atoms with Gasteiger partial charge in [-0.05, 0) is 17.7 Å². The number of carboxylic acids is 1. The lowest BCUT2D eigenvalue weighted by Crippen LogP contribution is -2.00. The molecule has 1 aromatic carbocycles. The van der Waals surface area contributed by atoms with E-state index in [0.717, 1.165) is 0 Å². The van der Waals surface area contributed by atoms with Gasteiger partial charge in [-0.25, -0.2) is 4.79 Å². The van der Waals surface area contributed by atoms with E-state index in [1.807, 2.05) is 0 Å². The Hall–Kier alpha value is -1.86. The molecule has 1 rings (SSSR count). The molecule has 0 spiro atoms. The third-order valence-corrected chi connectivity index (χ3v) is 1.62. The van der Waals surface area contributed by atoms with Crippen molar-refractivity contribution in [3.05, 3.63) is 34.9 Å². The van der Waals surface area contributed by atoms with Crippen LogP contribution in [0.3, 0.4) is 0 Å². The van der Waals surface area contributed by atoms with Crippen LogP contribution in [0.25, 0.3) is 0 Å². The lowest BCUT2D eigenvalue weighted by atomic mass is 10.1. The molecule has 0 radical (unpaired) electrons. The summed E-state index contributed by atoms with van der Waals surface area (Å²) in [6, 6.07) is 5.91. The van der Waals surface area contributed by atoms with E-state index in [4.69, 9.17) is 15.5 Å². The molecule has 1 aromatic rings. The lowest BCUT2D eigenvalue weighted by molar-refractivity contribution is 0.0696. The SMILES string of the molecule is N#Cc1cc(CO)ccc1C(=O)O. The monoisotopic (exact) mass is 177 g/mol. The topological polar surface area (TPSA) is 81.3 Å². The fourth-order valence-corrected chi connectivity index (χ4v) is 0.969. The average Bonchev–Trinajstić information content (AvgIpc) is 2.16. The van der Waals surface area contributed by atoms with E-state index in [9.17, 15) is 4.79 Å². The highest BCUT2D eigenvalue weighted by Gasteiger charge is 2.09. The standard InChI is InChI=1S/C9H7NO3/c10-4-7-3-6(5-11)1-2-8(7)9(12)13/h1-3,11H,5H2,(H,12,13). The first-order chi connectivity index (χ1) is 6.19. The summed E-state index contributed by atoms with van der Waals surface area (Å²) in [6.45, 7) is -0.200. The van der Waals surface area contributed by atoms with Gasteiger partial charge in [0.1, 0.15) is 6.07 Å². The smallest absolute Gasteiger partial charge is 0.337 e. The third-order valence-electron chi connectivity index (χ3n) is 1.62. The predicted molar refractivity (Wildman–Crippen MR) is 44.0 cm³/mol. The fourth-order valence-electron chi connectivity index (χ4n) is 0.969. The molecule has 0 aliphatic carbocycles. The molecule has 0 aliphatic heterocycles. The molecule has 0 fully saturated rings. The Morgan fingerprint density at radius 2 is 2.23 bits per heavy atom. The summed E-state index contributed by atoms with van der Waals surface area (Å²) < 4.78 is 0. The maximum atomic E-state index is 10.6. The second kappa shape index (κ2) is 3.70. The number of benzene rings is 1. The molecule has 4 heteroatoms. The Labute approximate surface area is 74.7 Å². The highest BCUT2D eigenvalue weighted by atomic mass is 16.4. The van der Waals surface area contributed by atoms with Crippen LogP contribution in [0.5, 0.6) is 0 Å². The largest absolute Gasteiger partial charge is 0.478 e. The number of nitriles is 1. The fraction of sp³-hybridized carbons (Fsp3) is 0.111. The molecule has 0 aliphatic rings.